The third kappa shape index (κ3) is 22.9. The number of hydrogen-bond donors (Lipinski definition) is 1. The van der Waals surface area contributed by atoms with Crippen LogP contribution in [0.1, 0.15) is 6.42 Å². The van der Waals surface area contributed by atoms with Gasteiger partial charge in [-0.25, -0.2) is 0 Å². The molecular formula is C4H8O2W. The van der Waals surface area contributed by atoms with Gasteiger partial charge in [-0.2, -0.15) is 0 Å². The molecule has 0 unspecified atom stereocenters. The number of carboxylic acids is 1. The molecule has 0 spiro atoms. The van der Waals surface area contributed by atoms with Gasteiger partial charge in [-0.05, 0) is 0 Å². The molecule has 2 nitrogen and oxygen atoms in total. The Hall–Kier alpha value is 0.158. The van der Waals surface area contributed by atoms with Gasteiger partial charge in [0, 0.05) is 0 Å². The van der Waals surface area contributed by atoms with Crippen LogP contribution in [0.2, 0.25) is 0 Å². The Labute approximate surface area is 58.2 Å². The summed E-state index contributed by atoms with van der Waals surface area (Å²) in [6.45, 7) is 3.09. The van der Waals surface area contributed by atoms with Gasteiger partial charge >= 0.3 is 21.1 Å². The van der Waals surface area contributed by atoms with E-state index in [1.807, 2.05) is 0 Å². The van der Waals surface area contributed by atoms with Crippen LogP contribution in [0.15, 0.2) is 0 Å². The molecule has 0 heterocycles. The number of carboxylic acid groups (broad SMARTS) is 1. The zero-order valence-electron chi connectivity index (χ0n) is 4.18. The Morgan fingerprint density at radius 2 is 1.86 bits per heavy atom. The predicted molar refractivity (Wildman–Crippen MR) is 24.0 cm³/mol. The van der Waals surface area contributed by atoms with E-state index in [1.54, 1.807) is 0 Å². The van der Waals surface area contributed by atoms with Crippen LogP contribution in [-0.2, 0) is 25.9 Å². The minimum atomic E-state index is -0.856. The minimum absolute atomic E-state index is 0. The van der Waals surface area contributed by atoms with Crippen molar-refractivity contribution in [2.45, 2.75) is 6.42 Å². The van der Waals surface area contributed by atoms with Gasteiger partial charge < -0.3 is 19.5 Å². The molecule has 42 valence electrons. The van der Waals surface area contributed by atoms with Gasteiger partial charge in [0.15, 0.2) is 0 Å². The molecule has 1 N–H and O–H groups in total. The molecule has 0 aliphatic rings. The molecule has 3 heteroatoms. The summed E-state index contributed by atoms with van der Waals surface area (Å²) in [5.41, 5.74) is 0. The van der Waals surface area contributed by atoms with Crippen LogP contribution in [0, 0.1) is 14.4 Å². The van der Waals surface area contributed by atoms with E-state index in [4.69, 9.17) is 5.11 Å². The average Bonchev–Trinajstić information content (AvgIpc) is 1.38. The van der Waals surface area contributed by atoms with E-state index in [2.05, 4.69) is 6.92 Å². The van der Waals surface area contributed by atoms with Gasteiger partial charge in [-0.15, -0.1) is 0 Å². The predicted octanol–water partition coefficient (Wildman–Crippen LogP) is 0.743. The van der Waals surface area contributed by atoms with Crippen molar-refractivity contribution in [3.8, 4) is 0 Å². The summed E-state index contributed by atoms with van der Waals surface area (Å²) in [6, 6.07) is 0. The maximum atomic E-state index is 9.31. The SMILES string of the molecule is [CH2-]CC(=O)O.[CH3-].[W+2]. The van der Waals surface area contributed by atoms with Crippen molar-refractivity contribution >= 4 is 5.97 Å². The molecule has 0 fully saturated rings. The fourth-order valence-electron chi connectivity index (χ4n) is 0. The van der Waals surface area contributed by atoms with Crippen molar-refractivity contribution in [2.24, 2.45) is 0 Å². The summed E-state index contributed by atoms with van der Waals surface area (Å²) in [7, 11) is 0. The zero-order valence-corrected chi connectivity index (χ0v) is 7.11. The second-order valence-electron chi connectivity index (χ2n) is 0.644. The van der Waals surface area contributed by atoms with Crippen LogP contribution >= 0.6 is 0 Å². The van der Waals surface area contributed by atoms with Crippen molar-refractivity contribution < 1.29 is 31.0 Å². The van der Waals surface area contributed by atoms with Gasteiger partial charge in [-0.3, -0.25) is 4.79 Å². The van der Waals surface area contributed by atoms with Crippen molar-refractivity contribution in [3.63, 3.8) is 0 Å². The Balaban J connectivity index is -0.0000000800. The normalized spacial score (nSPS) is 5.29. The molecule has 0 saturated heterocycles. The molecule has 0 saturated carbocycles. The van der Waals surface area contributed by atoms with Crippen molar-refractivity contribution in [1.82, 2.24) is 0 Å². The van der Waals surface area contributed by atoms with Crippen LogP contribution in [0.5, 0.6) is 0 Å². The fourth-order valence-corrected chi connectivity index (χ4v) is 0. The van der Waals surface area contributed by atoms with Crippen molar-refractivity contribution in [3.05, 3.63) is 14.4 Å². The van der Waals surface area contributed by atoms with Crippen LogP contribution in [0.4, 0.5) is 0 Å². The molecule has 0 radical (unpaired) electrons. The van der Waals surface area contributed by atoms with Crippen molar-refractivity contribution in [1.29, 1.82) is 0 Å². The summed E-state index contributed by atoms with van der Waals surface area (Å²) in [5.74, 6) is -0.856. The summed E-state index contributed by atoms with van der Waals surface area (Å²) < 4.78 is 0. The first-order chi connectivity index (χ1) is 2.27. The monoisotopic (exact) mass is 272 g/mol. The summed E-state index contributed by atoms with van der Waals surface area (Å²) >= 11 is 0. The van der Waals surface area contributed by atoms with Crippen LogP contribution in [0.25, 0.3) is 0 Å². The van der Waals surface area contributed by atoms with Crippen LogP contribution in [-0.4, -0.2) is 11.1 Å². The van der Waals surface area contributed by atoms with Gasteiger partial charge in [0.1, 0.15) is 0 Å². The fraction of sp³-hybridized carbons (Fsp3) is 0.250. The molecular weight excluding hydrogens is 264 g/mol. The van der Waals surface area contributed by atoms with Gasteiger partial charge in [0.2, 0.25) is 0 Å². The quantitative estimate of drug-likeness (QED) is 0.715. The largest absolute Gasteiger partial charge is 2.00 e. The molecule has 0 aromatic heterocycles. The summed E-state index contributed by atoms with van der Waals surface area (Å²) in [6.07, 6.45) is -0.0278. The first-order valence-corrected chi connectivity index (χ1v) is 1.28. The molecule has 0 aliphatic carbocycles. The second-order valence-corrected chi connectivity index (χ2v) is 0.644. The zero-order chi connectivity index (χ0) is 4.28. The standard InChI is InChI=1S/C3H5O2.CH3.W/c1-2-3(4)5;;/h1-2H2,(H,4,5);1H3;/q2*-1;+2. The Bertz CT molecular complexity index is 45.0. The molecule has 0 bridgehead atoms. The van der Waals surface area contributed by atoms with E-state index in [-0.39, 0.29) is 34.9 Å². The third-order valence-electron chi connectivity index (χ3n) is 0.214. The maximum absolute atomic E-state index is 9.31. The Morgan fingerprint density at radius 3 is 1.86 bits per heavy atom. The summed E-state index contributed by atoms with van der Waals surface area (Å²) in [4.78, 5) is 9.31. The molecule has 0 aromatic rings. The van der Waals surface area contributed by atoms with E-state index in [9.17, 15) is 4.79 Å². The number of carbonyl (C=O) groups is 1. The topological polar surface area (TPSA) is 37.3 Å². The van der Waals surface area contributed by atoms with Gasteiger partial charge in [0.05, 0.1) is 0 Å². The van der Waals surface area contributed by atoms with Crippen LogP contribution < -0.4 is 0 Å². The molecule has 0 atom stereocenters. The molecule has 0 aromatic carbocycles. The smallest absolute Gasteiger partial charge is 0.483 e. The Kier molecular flexibility index (Phi) is 21.3. The van der Waals surface area contributed by atoms with Gasteiger partial charge in [0.25, 0.3) is 5.97 Å². The van der Waals surface area contributed by atoms with Gasteiger partial charge in [-0.1, -0.05) is 6.42 Å². The third-order valence-corrected chi connectivity index (χ3v) is 0.214. The molecule has 0 rings (SSSR count). The first kappa shape index (κ1) is 15.7. The summed E-state index contributed by atoms with van der Waals surface area (Å²) in [5, 5.41) is 7.66. The van der Waals surface area contributed by atoms with E-state index in [1.165, 1.54) is 0 Å². The number of aliphatic carboxylic acids is 1. The first-order valence-electron chi connectivity index (χ1n) is 1.28. The molecule has 0 aliphatic heterocycles. The second kappa shape index (κ2) is 9.48. The van der Waals surface area contributed by atoms with E-state index >= 15 is 0 Å². The molecule has 7 heavy (non-hydrogen) atoms. The van der Waals surface area contributed by atoms with E-state index in [0.29, 0.717) is 0 Å². The number of rotatable bonds is 1. The molecule has 0 amide bonds. The van der Waals surface area contributed by atoms with E-state index < -0.39 is 5.97 Å². The minimum Gasteiger partial charge on any atom is -0.483 e. The Morgan fingerprint density at radius 1 is 1.71 bits per heavy atom. The number of hydrogen-bond acceptors (Lipinski definition) is 1. The van der Waals surface area contributed by atoms with Crippen molar-refractivity contribution in [2.75, 3.05) is 0 Å². The average molecular weight is 272 g/mol. The van der Waals surface area contributed by atoms with E-state index in [0.717, 1.165) is 0 Å². The van der Waals surface area contributed by atoms with Crippen LogP contribution in [0.3, 0.4) is 0 Å². The maximum Gasteiger partial charge on any atom is 2.00 e.